The number of furan rings is 1. The van der Waals surface area contributed by atoms with Crippen molar-refractivity contribution < 1.29 is 19.1 Å². The second-order valence-electron chi connectivity index (χ2n) is 4.77. The van der Waals surface area contributed by atoms with Gasteiger partial charge >= 0.3 is 5.97 Å². The van der Waals surface area contributed by atoms with Crippen molar-refractivity contribution in [2.75, 3.05) is 0 Å². The molecule has 1 atom stereocenters. The first-order valence-corrected chi connectivity index (χ1v) is 6.51. The number of amides is 1. The van der Waals surface area contributed by atoms with Gasteiger partial charge < -0.3 is 14.8 Å². The molecule has 1 heterocycles. The molecule has 5 heteroatoms. The van der Waals surface area contributed by atoms with Gasteiger partial charge in [-0.3, -0.25) is 9.59 Å². The van der Waals surface area contributed by atoms with Crippen molar-refractivity contribution in [3.8, 4) is 0 Å². The van der Waals surface area contributed by atoms with Gasteiger partial charge in [0.2, 0.25) is 5.91 Å². The van der Waals surface area contributed by atoms with E-state index in [0.717, 1.165) is 0 Å². The number of hydrogen-bond acceptors (Lipinski definition) is 3. The van der Waals surface area contributed by atoms with Crippen LogP contribution < -0.4 is 5.32 Å². The monoisotopic (exact) mass is 267 g/mol. The quantitative estimate of drug-likeness (QED) is 0.796. The maximum absolute atomic E-state index is 12.0. The minimum Gasteiger partial charge on any atom is -0.481 e. The lowest BCUT2D eigenvalue weighted by atomic mass is 9.79. The van der Waals surface area contributed by atoms with Crippen LogP contribution >= 0.6 is 0 Å². The number of carboxylic acids is 1. The van der Waals surface area contributed by atoms with Crippen LogP contribution in [0.1, 0.15) is 51.8 Å². The molecule has 1 unspecified atom stereocenters. The Labute approximate surface area is 113 Å². The van der Waals surface area contributed by atoms with Gasteiger partial charge in [0.25, 0.3) is 0 Å². The zero-order valence-corrected chi connectivity index (χ0v) is 11.6. The molecule has 0 aromatic carbocycles. The van der Waals surface area contributed by atoms with E-state index in [-0.39, 0.29) is 18.4 Å². The van der Waals surface area contributed by atoms with E-state index >= 15 is 0 Å². The summed E-state index contributed by atoms with van der Waals surface area (Å²) in [6.45, 7) is 5.39. The summed E-state index contributed by atoms with van der Waals surface area (Å²) < 4.78 is 5.20. The third-order valence-corrected chi connectivity index (χ3v) is 3.65. The number of aliphatic carboxylic acids is 1. The fraction of sp³-hybridized carbons (Fsp3) is 0.571. The van der Waals surface area contributed by atoms with Gasteiger partial charge in [0.1, 0.15) is 5.76 Å². The predicted molar refractivity (Wildman–Crippen MR) is 70.5 cm³/mol. The van der Waals surface area contributed by atoms with E-state index < -0.39 is 11.4 Å². The first-order valence-electron chi connectivity index (χ1n) is 6.51. The molecule has 1 aromatic heterocycles. The van der Waals surface area contributed by atoms with E-state index in [1.165, 1.54) is 6.26 Å². The lowest BCUT2D eigenvalue weighted by molar-refractivity contribution is -0.152. The average Bonchev–Trinajstić information content (AvgIpc) is 2.89. The number of carbonyl (C=O) groups excluding carboxylic acids is 1. The third-order valence-electron chi connectivity index (χ3n) is 3.65. The Morgan fingerprint density at radius 2 is 2.05 bits per heavy atom. The zero-order chi connectivity index (χ0) is 14.5. The van der Waals surface area contributed by atoms with Crippen LogP contribution in [-0.4, -0.2) is 17.0 Å². The Morgan fingerprint density at radius 1 is 1.42 bits per heavy atom. The average molecular weight is 267 g/mol. The summed E-state index contributed by atoms with van der Waals surface area (Å²) >= 11 is 0. The standard InChI is InChI=1S/C14H21NO4/c1-4-14(5-2,13(17)18)9-12(16)15-10(3)11-7-6-8-19-11/h6-8,10H,4-5,9H2,1-3H3,(H,15,16)(H,17,18). The molecule has 106 valence electrons. The van der Waals surface area contributed by atoms with Crippen LogP contribution in [0.4, 0.5) is 0 Å². The molecule has 1 rings (SSSR count). The third kappa shape index (κ3) is 3.59. The van der Waals surface area contributed by atoms with Gasteiger partial charge in [-0.05, 0) is 31.9 Å². The van der Waals surface area contributed by atoms with Gasteiger partial charge in [-0.25, -0.2) is 0 Å². The summed E-state index contributed by atoms with van der Waals surface area (Å²) in [5, 5.41) is 12.1. The lowest BCUT2D eigenvalue weighted by Crippen LogP contribution is -2.37. The number of rotatable bonds is 7. The van der Waals surface area contributed by atoms with Crippen LogP contribution in [0.5, 0.6) is 0 Å². The van der Waals surface area contributed by atoms with Gasteiger partial charge in [-0.15, -0.1) is 0 Å². The molecule has 1 amide bonds. The van der Waals surface area contributed by atoms with Gasteiger partial charge in [0, 0.05) is 6.42 Å². The molecule has 0 aliphatic carbocycles. The largest absolute Gasteiger partial charge is 0.481 e. The highest BCUT2D eigenvalue weighted by Crippen LogP contribution is 2.31. The van der Waals surface area contributed by atoms with Gasteiger partial charge in [0.15, 0.2) is 0 Å². The van der Waals surface area contributed by atoms with Crippen LogP contribution in [0, 0.1) is 5.41 Å². The van der Waals surface area contributed by atoms with Crippen molar-refractivity contribution in [1.29, 1.82) is 0 Å². The summed E-state index contributed by atoms with van der Waals surface area (Å²) in [6.07, 6.45) is 2.39. The van der Waals surface area contributed by atoms with Gasteiger partial charge in [-0.1, -0.05) is 13.8 Å². The molecule has 0 aliphatic rings. The maximum Gasteiger partial charge on any atom is 0.310 e. The molecular formula is C14H21NO4. The SMILES string of the molecule is CCC(CC)(CC(=O)NC(C)c1ccco1)C(=O)O. The Hall–Kier alpha value is -1.78. The van der Waals surface area contributed by atoms with Crippen LogP contribution in [0.15, 0.2) is 22.8 Å². The lowest BCUT2D eigenvalue weighted by Gasteiger charge is -2.26. The van der Waals surface area contributed by atoms with Crippen LogP contribution in [0.25, 0.3) is 0 Å². The van der Waals surface area contributed by atoms with E-state index in [9.17, 15) is 14.7 Å². The van der Waals surface area contributed by atoms with E-state index in [1.54, 1.807) is 32.9 Å². The number of carboxylic acid groups (broad SMARTS) is 1. The van der Waals surface area contributed by atoms with Crippen molar-refractivity contribution in [3.63, 3.8) is 0 Å². The summed E-state index contributed by atoms with van der Waals surface area (Å²) in [6, 6.07) is 3.26. The summed E-state index contributed by atoms with van der Waals surface area (Å²) in [5.74, 6) is -0.532. The fourth-order valence-electron chi connectivity index (χ4n) is 2.09. The van der Waals surface area contributed by atoms with Crippen molar-refractivity contribution in [3.05, 3.63) is 24.2 Å². The first kappa shape index (κ1) is 15.3. The molecule has 0 fully saturated rings. The van der Waals surface area contributed by atoms with Gasteiger partial charge in [0.05, 0.1) is 17.7 Å². The topological polar surface area (TPSA) is 79.5 Å². The second-order valence-corrected chi connectivity index (χ2v) is 4.77. The second kappa shape index (κ2) is 6.41. The summed E-state index contributed by atoms with van der Waals surface area (Å²) in [4.78, 5) is 23.3. The summed E-state index contributed by atoms with van der Waals surface area (Å²) in [7, 11) is 0. The number of hydrogen-bond donors (Lipinski definition) is 2. The maximum atomic E-state index is 12.0. The molecule has 1 aromatic rings. The smallest absolute Gasteiger partial charge is 0.310 e. The summed E-state index contributed by atoms with van der Waals surface area (Å²) in [5.41, 5.74) is -0.979. The minimum atomic E-state index is -0.979. The number of nitrogens with one attached hydrogen (secondary N) is 1. The highest BCUT2D eigenvalue weighted by molar-refractivity contribution is 5.85. The van der Waals surface area contributed by atoms with Crippen LogP contribution in [0.2, 0.25) is 0 Å². The van der Waals surface area contributed by atoms with Gasteiger partial charge in [-0.2, -0.15) is 0 Å². The van der Waals surface area contributed by atoms with Crippen molar-refractivity contribution >= 4 is 11.9 Å². The van der Waals surface area contributed by atoms with E-state index in [0.29, 0.717) is 18.6 Å². The first-order chi connectivity index (χ1) is 8.95. The molecule has 19 heavy (non-hydrogen) atoms. The molecule has 0 bridgehead atoms. The minimum absolute atomic E-state index is 0.0135. The molecular weight excluding hydrogens is 246 g/mol. The molecule has 0 spiro atoms. The Bertz CT molecular complexity index is 421. The van der Waals surface area contributed by atoms with Crippen molar-refractivity contribution in [2.45, 2.75) is 46.1 Å². The van der Waals surface area contributed by atoms with Crippen LogP contribution in [0.3, 0.4) is 0 Å². The predicted octanol–water partition coefficient (Wildman–Crippen LogP) is 2.74. The zero-order valence-electron chi connectivity index (χ0n) is 11.6. The Morgan fingerprint density at radius 3 is 2.47 bits per heavy atom. The highest BCUT2D eigenvalue weighted by Gasteiger charge is 2.37. The molecule has 0 radical (unpaired) electrons. The highest BCUT2D eigenvalue weighted by atomic mass is 16.4. The molecule has 0 aliphatic heterocycles. The Kier molecular flexibility index (Phi) is 5.15. The fourth-order valence-corrected chi connectivity index (χ4v) is 2.09. The van der Waals surface area contributed by atoms with E-state index in [2.05, 4.69) is 5.32 Å². The molecule has 5 nitrogen and oxygen atoms in total. The van der Waals surface area contributed by atoms with Crippen LogP contribution in [-0.2, 0) is 9.59 Å². The Balaban J connectivity index is 2.66. The van der Waals surface area contributed by atoms with E-state index in [4.69, 9.17) is 4.42 Å². The molecule has 0 saturated carbocycles. The van der Waals surface area contributed by atoms with Crippen molar-refractivity contribution in [1.82, 2.24) is 5.32 Å². The number of carbonyl (C=O) groups is 2. The molecule has 2 N–H and O–H groups in total. The molecule has 0 saturated heterocycles. The van der Waals surface area contributed by atoms with E-state index in [1.807, 2.05) is 0 Å². The normalized spacial score (nSPS) is 13.0. The van der Waals surface area contributed by atoms with Crippen molar-refractivity contribution in [2.24, 2.45) is 5.41 Å².